The number of hydrogen-bond donors (Lipinski definition) is 2. The first-order valence-electron chi connectivity index (χ1n) is 6.83. The third-order valence-electron chi connectivity index (χ3n) is 3.23. The molecular formula is C12H22N4O2S2. The molecule has 2 N–H and O–H groups in total. The van der Waals surface area contributed by atoms with Crippen molar-refractivity contribution in [1.29, 1.82) is 0 Å². The average Bonchev–Trinajstić information content (AvgIpc) is 2.84. The van der Waals surface area contributed by atoms with Gasteiger partial charge in [0.05, 0.1) is 6.20 Å². The standard InChI is InChI=1S/C12H22N4O2S2/c1-4-13-5-11-6-14-15-12(11)20(17,18)16-7-9(2)19-10(3)8-16/h6,9-10,13H,4-5,7-8H2,1-3H3,(H,14,15). The van der Waals surface area contributed by atoms with Crippen LogP contribution >= 0.6 is 11.8 Å². The van der Waals surface area contributed by atoms with Gasteiger partial charge < -0.3 is 5.32 Å². The molecule has 114 valence electrons. The highest BCUT2D eigenvalue weighted by atomic mass is 32.2. The summed E-state index contributed by atoms with van der Waals surface area (Å²) in [7, 11) is -3.48. The predicted molar refractivity (Wildman–Crippen MR) is 81.2 cm³/mol. The second-order valence-electron chi connectivity index (χ2n) is 5.08. The van der Waals surface area contributed by atoms with Gasteiger partial charge in [-0.15, -0.1) is 0 Å². The number of H-pyrrole nitrogens is 1. The van der Waals surface area contributed by atoms with Crippen LogP contribution in [0.3, 0.4) is 0 Å². The molecule has 8 heteroatoms. The highest BCUT2D eigenvalue weighted by Gasteiger charge is 2.34. The van der Waals surface area contributed by atoms with Crippen molar-refractivity contribution in [2.24, 2.45) is 0 Å². The maximum Gasteiger partial charge on any atom is 0.260 e. The molecule has 2 atom stereocenters. The molecule has 0 aromatic carbocycles. The number of nitrogens with one attached hydrogen (secondary N) is 2. The fourth-order valence-corrected chi connectivity index (χ4v) is 5.60. The Kier molecular flexibility index (Phi) is 5.11. The summed E-state index contributed by atoms with van der Waals surface area (Å²) in [5, 5.41) is 10.5. The summed E-state index contributed by atoms with van der Waals surface area (Å²) in [4.78, 5) is 0. The van der Waals surface area contributed by atoms with Crippen molar-refractivity contribution in [3.05, 3.63) is 11.8 Å². The molecular weight excluding hydrogens is 296 g/mol. The summed E-state index contributed by atoms with van der Waals surface area (Å²) >= 11 is 1.83. The first kappa shape index (κ1) is 15.8. The van der Waals surface area contributed by atoms with Crippen molar-refractivity contribution in [3.63, 3.8) is 0 Å². The Bertz CT molecular complexity index is 533. The van der Waals surface area contributed by atoms with Crippen LogP contribution in [0.15, 0.2) is 11.2 Å². The minimum absolute atomic E-state index is 0.227. The van der Waals surface area contributed by atoms with Crippen LogP contribution in [0.2, 0.25) is 0 Å². The van der Waals surface area contributed by atoms with Gasteiger partial charge in [-0.1, -0.05) is 20.8 Å². The second kappa shape index (κ2) is 6.46. The largest absolute Gasteiger partial charge is 0.313 e. The Morgan fingerprint density at radius 1 is 1.45 bits per heavy atom. The molecule has 1 aliphatic heterocycles. The van der Waals surface area contributed by atoms with Gasteiger partial charge in [-0.3, -0.25) is 5.10 Å². The summed E-state index contributed by atoms with van der Waals surface area (Å²) < 4.78 is 27.1. The zero-order valence-corrected chi connectivity index (χ0v) is 13.7. The molecule has 1 fully saturated rings. The zero-order valence-electron chi connectivity index (χ0n) is 12.1. The second-order valence-corrected chi connectivity index (χ2v) is 8.84. The monoisotopic (exact) mass is 318 g/mol. The molecule has 2 rings (SSSR count). The van der Waals surface area contributed by atoms with E-state index in [1.807, 2.05) is 18.7 Å². The van der Waals surface area contributed by atoms with Gasteiger partial charge in [0.1, 0.15) is 0 Å². The number of thioether (sulfide) groups is 1. The van der Waals surface area contributed by atoms with E-state index in [-0.39, 0.29) is 5.03 Å². The molecule has 0 saturated carbocycles. The number of aromatic amines is 1. The van der Waals surface area contributed by atoms with E-state index in [9.17, 15) is 8.42 Å². The maximum atomic E-state index is 12.7. The van der Waals surface area contributed by atoms with Gasteiger partial charge in [-0.05, 0) is 6.54 Å². The molecule has 1 saturated heterocycles. The minimum Gasteiger partial charge on any atom is -0.313 e. The van der Waals surface area contributed by atoms with Crippen LogP contribution in [-0.2, 0) is 16.6 Å². The first-order valence-corrected chi connectivity index (χ1v) is 9.22. The molecule has 1 aromatic rings. The van der Waals surface area contributed by atoms with Crippen LogP contribution in [0.1, 0.15) is 26.3 Å². The molecule has 6 nitrogen and oxygen atoms in total. The molecule has 0 aliphatic carbocycles. The van der Waals surface area contributed by atoms with E-state index in [1.54, 1.807) is 10.5 Å². The van der Waals surface area contributed by atoms with Crippen LogP contribution in [0.5, 0.6) is 0 Å². The van der Waals surface area contributed by atoms with Crippen molar-refractivity contribution in [2.75, 3.05) is 19.6 Å². The van der Waals surface area contributed by atoms with Crippen molar-refractivity contribution >= 4 is 21.8 Å². The predicted octanol–water partition coefficient (Wildman–Crippen LogP) is 1.03. The molecule has 0 bridgehead atoms. The topological polar surface area (TPSA) is 78.1 Å². The smallest absolute Gasteiger partial charge is 0.260 e. The lowest BCUT2D eigenvalue weighted by molar-refractivity contribution is 0.402. The number of sulfonamides is 1. The van der Waals surface area contributed by atoms with Gasteiger partial charge in [0.2, 0.25) is 0 Å². The normalized spacial score (nSPS) is 24.9. The zero-order chi connectivity index (χ0) is 14.8. The number of nitrogens with zero attached hydrogens (tertiary/aromatic N) is 2. The lowest BCUT2D eigenvalue weighted by Crippen LogP contribution is -2.44. The van der Waals surface area contributed by atoms with Crippen molar-refractivity contribution < 1.29 is 8.42 Å². The van der Waals surface area contributed by atoms with Crippen LogP contribution < -0.4 is 5.32 Å². The molecule has 0 radical (unpaired) electrons. The van der Waals surface area contributed by atoms with Crippen molar-refractivity contribution in [2.45, 2.75) is 42.8 Å². The Morgan fingerprint density at radius 2 is 2.10 bits per heavy atom. The highest BCUT2D eigenvalue weighted by Crippen LogP contribution is 2.29. The van der Waals surface area contributed by atoms with Crippen LogP contribution in [-0.4, -0.2) is 53.1 Å². The SMILES string of the molecule is CCNCc1cn[nH]c1S(=O)(=O)N1CC(C)SC(C)C1. The Morgan fingerprint density at radius 3 is 2.70 bits per heavy atom. The fourth-order valence-electron chi connectivity index (χ4n) is 2.36. The molecule has 0 spiro atoms. The quantitative estimate of drug-likeness (QED) is 0.848. The van der Waals surface area contributed by atoms with Gasteiger partial charge in [-0.2, -0.15) is 21.2 Å². The third-order valence-corrected chi connectivity index (χ3v) is 6.30. The van der Waals surface area contributed by atoms with E-state index in [0.29, 0.717) is 35.7 Å². The van der Waals surface area contributed by atoms with Crippen molar-refractivity contribution in [1.82, 2.24) is 19.8 Å². The molecule has 20 heavy (non-hydrogen) atoms. The van der Waals surface area contributed by atoms with Gasteiger partial charge in [0.15, 0.2) is 5.03 Å². The lowest BCUT2D eigenvalue weighted by atomic mass is 10.3. The minimum atomic E-state index is -3.48. The molecule has 1 aromatic heterocycles. The molecule has 2 heterocycles. The average molecular weight is 318 g/mol. The summed E-state index contributed by atoms with van der Waals surface area (Å²) in [6.45, 7) is 8.52. The van der Waals surface area contributed by atoms with Gasteiger partial charge in [0.25, 0.3) is 10.0 Å². The molecule has 1 aliphatic rings. The highest BCUT2D eigenvalue weighted by molar-refractivity contribution is 8.00. The van der Waals surface area contributed by atoms with Gasteiger partial charge >= 0.3 is 0 Å². The van der Waals surface area contributed by atoms with E-state index in [0.717, 1.165) is 6.54 Å². The maximum absolute atomic E-state index is 12.7. The number of rotatable bonds is 5. The van der Waals surface area contributed by atoms with E-state index >= 15 is 0 Å². The lowest BCUT2D eigenvalue weighted by Gasteiger charge is -2.33. The van der Waals surface area contributed by atoms with Crippen LogP contribution in [0, 0.1) is 0 Å². The van der Waals surface area contributed by atoms with E-state index in [4.69, 9.17) is 0 Å². The van der Waals surface area contributed by atoms with Gasteiger partial charge in [0, 0.05) is 35.7 Å². The van der Waals surface area contributed by atoms with Gasteiger partial charge in [-0.25, -0.2) is 8.42 Å². The molecule has 0 amide bonds. The van der Waals surface area contributed by atoms with E-state index in [2.05, 4.69) is 29.4 Å². The summed E-state index contributed by atoms with van der Waals surface area (Å²) in [5.41, 5.74) is 0.699. The molecule has 2 unspecified atom stereocenters. The van der Waals surface area contributed by atoms with E-state index < -0.39 is 10.0 Å². The first-order chi connectivity index (χ1) is 9.45. The number of aromatic nitrogens is 2. The summed E-state index contributed by atoms with van der Waals surface area (Å²) in [6, 6.07) is 0. The van der Waals surface area contributed by atoms with Crippen LogP contribution in [0.4, 0.5) is 0 Å². The van der Waals surface area contributed by atoms with E-state index in [1.165, 1.54) is 0 Å². The summed E-state index contributed by atoms with van der Waals surface area (Å²) in [6.07, 6.45) is 1.58. The fraction of sp³-hybridized carbons (Fsp3) is 0.750. The van der Waals surface area contributed by atoms with Crippen LogP contribution in [0.25, 0.3) is 0 Å². The Balaban J connectivity index is 2.23. The Hall–Kier alpha value is -0.570. The Labute approximate surface area is 124 Å². The third kappa shape index (κ3) is 3.36. The van der Waals surface area contributed by atoms with Crippen molar-refractivity contribution in [3.8, 4) is 0 Å². The number of hydrogen-bond acceptors (Lipinski definition) is 5. The summed E-state index contributed by atoms with van der Waals surface area (Å²) in [5.74, 6) is 0.